The molecule has 2 aromatic heterocycles. The third kappa shape index (κ3) is 3.19. The largest absolute Gasteiger partial charge is 0.486 e. The van der Waals surface area contributed by atoms with E-state index in [1.165, 1.54) is 6.33 Å². The lowest BCUT2D eigenvalue weighted by atomic mass is 10.2. The number of aromatic nitrogens is 6. The van der Waals surface area contributed by atoms with Gasteiger partial charge in [-0.2, -0.15) is 10.2 Å². The number of nitrogens with zero attached hydrogens (tertiary/aromatic N) is 6. The monoisotopic (exact) mass is 340 g/mol. The molecule has 0 unspecified atom stereocenters. The number of hydrogen-bond acceptors (Lipinski definition) is 6. The molecule has 0 radical (unpaired) electrons. The van der Waals surface area contributed by atoms with Gasteiger partial charge in [-0.15, -0.1) is 0 Å². The fraction of sp³-hybridized carbons (Fsp3) is 0.412. The smallest absolute Gasteiger partial charge is 0.163 e. The molecule has 1 aliphatic rings. The zero-order chi connectivity index (χ0) is 17.2. The summed E-state index contributed by atoms with van der Waals surface area (Å²) in [4.78, 5) is 8.69. The van der Waals surface area contributed by atoms with Crippen LogP contribution >= 0.6 is 0 Å². The van der Waals surface area contributed by atoms with Gasteiger partial charge in [-0.05, 0) is 12.1 Å². The van der Waals surface area contributed by atoms with Crippen molar-refractivity contribution in [2.45, 2.75) is 32.7 Å². The van der Waals surface area contributed by atoms with Gasteiger partial charge in [-0.25, -0.2) is 14.6 Å². The SMILES string of the molecule is CC(C)c1nc(CCn2cncn2)n(-c2ccc3c(c2)OCCO3)n1. The summed E-state index contributed by atoms with van der Waals surface area (Å²) in [7, 11) is 0. The molecule has 1 aliphatic heterocycles. The first-order valence-electron chi connectivity index (χ1n) is 8.39. The van der Waals surface area contributed by atoms with Crippen molar-refractivity contribution in [2.75, 3.05) is 13.2 Å². The molecule has 0 N–H and O–H groups in total. The van der Waals surface area contributed by atoms with E-state index in [4.69, 9.17) is 19.6 Å². The second-order valence-electron chi connectivity index (χ2n) is 6.19. The Hall–Kier alpha value is -2.90. The van der Waals surface area contributed by atoms with Gasteiger partial charge in [0.1, 0.15) is 31.7 Å². The highest BCUT2D eigenvalue weighted by Crippen LogP contribution is 2.32. The standard InChI is InChI=1S/C17H20N6O2/c1-12(2)17-20-16(5-6-22-11-18-10-19-22)23(21-17)13-3-4-14-15(9-13)25-8-7-24-14/h3-4,9-12H,5-8H2,1-2H3. The zero-order valence-electron chi connectivity index (χ0n) is 14.3. The number of aryl methyl sites for hydroxylation is 2. The van der Waals surface area contributed by atoms with Crippen LogP contribution in [-0.2, 0) is 13.0 Å². The molecule has 0 saturated carbocycles. The maximum Gasteiger partial charge on any atom is 0.163 e. The maximum absolute atomic E-state index is 5.69. The predicted molar refractivity (Wildman–Crippen MR) is 90.2 cm³/mol. The van der Waals surface area contributed by atoms with Crippen LogP contribution in [0.5, 0.6) is 11.5 Å². The van der Waals surface area contributed by atoms with Crippen molar-refractivity contribution < 1.29 is 9.47 Å². The molecule has 130 valence electrons. The van der Waals surface area contributed by atoms with Crippen LogP contribution in [0.2, 0.25) is 0 Å². The minimum atomic E-state index is 0.253. The predicted octanol–water partition coefficient (Wildman–Crippen LogP) is 2.00. The van der Waals surface area contributed by atoms with E-state index < -0.39 is 0 Å². The van der Waals surface area contributed by atoms with Crippen molar-refractivity contribution in [1.82, 2.24) is 29.5 Å². The van der Waals surface area contributed by atoms with Gasteiger partial charge >= 0.3 is 0 Å². The third-order valence-electron chi connectivity index (χ3n) is 4.01. The van der Waals surface area contributed by atoms with E-state index in [-0.39, 0.29) is 5.92 Å². The Morgan fingerprint density at radius 2 is 2.00 bits per heavy atom. The number of hydrogen-bond donors (Lipinski definition) is 0. The second-order valence-corrected chi connectivity index (χ2v) is 6.19. The Kier molecular flexibility index (Phi) is 4.09. The Labute approximate surface area is 145 Å². The average Bonchev–Trinajstić information content (AvgIpc) is 3.29. The summed E-state index contributed by atoms with van der Waals surface area (Å²) in [5.74, 6) is 3.47. The van der Waals surface area contributed by atoms with Crippen molar-refractivity contribution in [3.8, 4) is 17.2 Å². The Balaban J connectivity index is 1.67. The fourth-order valence-electron chi connectivity index (χ4n) is 2.70. The molecule has 0 saturated heterocycles. The van der Waals surface area contributed by atoms with Gasteiger partial charge in [0.05, 0.1) is 5.69 Å². The molecule has 8 heteroatoms. The highest BCUT2D eigenvalue weighted by atomic mass is 16.6. The van der Waals surface area contributed by atoms with Crippen LogP contribution in [0.4, 0.5) is 0 Å². The number of ether oxygens (including phenoxy) is 2. The summed E-state index contributed by atoms with van der Waals surface area (Å²) < 4.78 is 15.0. The van der Waals surface area contributed by atoms with Crippen molar-refractivity contribution in [3.63, 3.8) is 0 Å². The molecular weight excluding hydrogens is 320 g/mol. The van der Waals surface area contributed by atoms with Gasteiger partial charge in [0.15, 0.2) is 17.3 Å². The molecule has 0 bridgehead atoms. The van der Waals surface area contributed by atoms with Crippen LogP contribution in [0.25, 0.3) is 5.69 Å². The lowest BCUT2D eigenvalue weighted by Crippen LogP contribution is -2.16. The molecule has 3 heterocycles. The molecule has 8 nitrogen and oxygen atoms in total. The molecule has 4 rings (SSSR count). The minimum Gasteiger partial charge on any atom is -0.486 e. The summed E-state index contributed by atoms with van der Waals surface area (Å²) in [6.07, 6.45) is 3.94. The highest BCUT2D eigenvalue weighted by Gasteiger charge is 2.17. The molecule has 3 aromatic rings. The Morgan fingerprint density at radius 3 is 2.76 bits per heavy atom. The molecule has 1 aromatic carbocycles. The Bertz CT molecular complexity index is 856. The lowest BCUT2D eigenvalue weighted by molar-refractivity contribution is 0.171. The van der Waals surface area contributed by atoms with Gasteiger partial charge < -0.3 is 9.47 Å². The summed E-state index contributed by atoms with van der Waals surface area (Å²) in [5.41, 5.74) is 0.914. The van der Waals surface area contributed by atoms with Crippen molar-refractivity contribution >= 4 is 0 Å². The topological polar surface area (TPSA) is 79.9 Å². The van der Waals surface area contributed by atoms with E-state index in [0.29, 0.717) is 26.2 Å². The van der Waals surface area contributed by atoms with Gasteiger partial charge in [-0.3, -0.25) is 4.68 Å². The van der Waals surface area contributed by atoms with Crippen LogP contribution in [0.15, 0.2) is 30.9 Å². The van der Waals surface area contributed by atoms with Crippen LogP contribution in [0, 0.1) is 0 Å². The molecular formula is C17H20N6O2. The first-order valence-corrected chi connectivity index (χ1v) is 8.39. The quantitative estimate of drug-likeness (QED) is 0.707. The fourth-order valence-corrected chi connectivity index (χ4v) is 2.70. The first-order chi connectivity index (χ1) is 12.2. The van der Waals surface area contributed by atoms with Gasteiger partial charge in [-0.1, -0.05) is 13.8 Å². The zero-order valence-corrected chi connectivity index (χ0v) is 14.3. The van der Waals surface area contributed by atoms with Gasteiger partial charge in [0.2, 0.25) is 0 Å². The minimum absolute atomic E-state index is 0.253. The van der Waals surface area contributed by atoms with E-state index in [0.717, 1.165) is 28.8 Å². The summed E-state index contributed by atoms with van der Waals surface area (Å²) in [6, 6.07) is 5.85. The van der Waals surface area contributed by atoms with Crippen LogP contribution in [0.1, 0.15) is 31.4 Å². The van der Waals surface area contributed by atoms with E-state index in [1.54, 1.807) is 11.0 Å². The third-order valence-corrected chi connectivity index (χ3v) is 4.01. The van der Waals surface area contributed by atoms with E-state index >= 15 is 0 Å². The van der Waals surface area contributed by atoms with Crippen LogP contribution < -0.4 is 9.47 Å². The van der Waals surface area contributed by atoms with E-state index in [9.17, 15) is 0 Å². The van der Waals surface area contributed by atoms with E-state index in [2.05, 4.69) is 23.9 Å². The van der Waals surface area contributed by atoms with Crippen LogP contribution in [0.3, 0.4) is 0 Å². The highest BCUT2D eigenvalue weighted by molar-refractivity contribution is 5.49. The number of fused-ring (bicyclic) bond motifs is 1. The lowest BCUT2D eigenvalue weighted by Gasteiger charge is -2.19. The summed E-state index contributed by atoms with van der Waals surface area (Å²) >= 11 is 0. The van der Waals surface area contributed by atoms with Crippen molar-refractivity contribution in [1.29, 1.82) is 0 Å². The maximum atomic E-state index is 5.69. The second kappa shape index (κ2) is 6.54. The van der Waals surface area contributed by atoms with E-state index in [1.807, 2.05) is 22.9 Å². The molecule has 25 heavy (non-hydrogen) atoms. The molecule has 0 spiro atoms. The van der Waals surface area contributed by atoms with Crippen molar-refractivity contribution in [3.05, 3.63) is 42.5 Å². The number of benzene rings is 1. The molecule has 0 atom stereocenters. The summed E-state index contributed by atoms with van der Waals surface area (Å²) in [5, 5.41) is 8.84. The van der Waals surface area contributed by atoms with Gasteiger partial charge in [0.25, 0.3) is 0 Å². The molecule has 0 aliphatic carbocycles. The summed E-state index contributed by atoms with van der Waals surface area (Å²) in [6.45, 7) is 6.01. The van der Waals surface area contributed by atoms with Gasteiger partial charge in [0, 0.05) is 24.9 Å². The molecule has 0 amide bonds. The Morgan fingerprint density at radius 1 is 1.16 bits per heavy atom. The molecule has 0 fully saturated rings. The number of rotatable bonds is 5. The van der Waals surface area contributed by atoms with Crippen LogP contribution in [-0.4, -0.2) is 42.7 Å². The normalized spacial score (nSPS) is 13.4. The first kappa shape index (κ1) is 15.6. The van der Waals surface area contributed by atoms with Crippen molar-refractivity contribution in [2.24, 2.45) is 0 Å². The average molecular weight is 340 g/mol.